The zero-order valence-electron chi connectivity index (χ0n) is 12.3. The summed E-state index contributed by atoms with van der Waals surface area (Å²) in [4.78, 5) is 12.1. The molecule has 3 rings (SSSR count). The van der Waals surface area contributed by atoms with Crippen LogP contribution in [0.3, 0.4) is 0 Å². The third-order valence-electron chi connectivity index (χ3n) is 3.28. The van der Waals surface area contributed by atoms with E-state index in [9.17, 15) is 4.79 Å². The topological polar surface area (TPSA) is 56.8 Å². The first-order valence-electron chi connectivity index (χ1n) is 7.27. The first-order valence-corrected chi connectivity index (χ1v) is 7.65. The molecule has 1 N–H and O–H groups in total. The van der Waals surface area contributed by atoms with Gasteiger partial charge in [0.1, 0.15) is 19.0 Å². The van der Waals surface area contributed by atoms with Crippen molar-refractivity contribution >= 4 is 17.5 Å². The van der Waals surface area contributed by atoms with Crippen LogP contribution in [0.2, 0.25) is 5.02 Å². The fourth-order valence-corrected chi connectivity index (χ4v) is 2.26. The average Bonchev–Trinajstić information content (AvgIpc) is 2.59. The lowest BCUT2D eigenvalue weighted by atomic mass is 10.2. The molecule has 1 aliphatic heterocycles. The molecule has 6 heteroatoms. The summed E-state index contributed by atoms with van der Waals surface area (Å²) in [6, 6.07) is 14.3. The lowest BCUT2D eigenvalue weighted by Gasteiger charge is -2.25. The maximum absolute atomic E-state index is 12.1. The minimum atomic E-state index is -0.652. The molecule has 1 amide bonds. The third kappa shape index (κ3) is 4.07. The number of rotatable bonds is 5. The summed E-state index contributed by atoms with van der Waals surface area (Å²) in [7, 11) is 0. The van der Waals surface area contributed by atoms with E-state index in [0.29, 0.717) is 35.4 Å². The number of fused-ring (bicyclic) bond motifs is 1. The number of amides is 1. The van der Waals surface area contributed by atoms with Crippen molar-refractivity contribution in [3.8, 4) is 17.2 Å². The Hall–Kier alpha value is -2.40. The lowest BCUT2D eigenvalue weighted by Crippen LogP contribution is -2.45. The maximum Gasteiger partial charge on any atom is 0.264 e. The number of nitrogens with one attached hydrogen (secondary N) is 1. The number of hydrogen-bond donors (Lipinski definition) is 1. The normalized spacial score (nSPS) is 15.8. The Morgan fingerprint density at radius 2 is 1.91 bits per heavy atom. The summed E-state index contributed by atoms with van der Waals surface area (Å²) in [5.41, 5.74) is 0. The summed E-state index contributed by atoms with van der Waals surface area (Å²) in [6.07, 6.45) is -0.652. The zero-order valence-corrected chi connectivity index (χ0v) is 13.1. The van der Waals surface area contributed by atoms with E-state index in [-0.39, 0.29) is 12.5 Å². The average molecular weight is 334 g/mol. The van der Waals surface area contributed by atoms with E-state index in [0.717, 1.165) is 0 Å². The second kappa shape index (κ2) is 7.24. The molecule has 0 saturated heterocycles. The fourth-order valence-electron chi connectivity index (χ4n) is 2.14. The van der Waals surface area contributed by atoms with Crippen molar-refractivity contribution in [2.24, 2.45) is 0 Å². The largest absolute Gasteiger partial charge is 0.492 e. The molecule has 1 atom stereocenters. The number of benzene rings is 2. The second-order valence-corrected chi connectivity index (χ2v) is 5.39. The molecule has 120 valence electrons. The number of carbonyl (C=O) groups excluding carboxylic acids is 1. The van der Waals surface area contributed by atoms with E-state index in [1.54, 1.807) is 30.3 Å². The van der Waals surface area contributed by atoms with Crippen LogP contribution in [0.15, 0.2) is 48.5 Å². The van der Waals surface area contributed by atoms with E-state index in [4.69, 9.17) is 25.8 Å². The van der Waals surface area contributed by atoms with Gasteiger partial charge in [0, 0.05) is 5.02 Å². The van der Waals surface area contributed by atoms with Crippen LogP contribution in [0.25, 0.3) is 0 Å². The van der Waals surface area contributed by atoms with E-state index < -0.39 is 6.10 Å². The molecule has 0 fully saturated rings. The number of ether oxygens (including phenoxy) is 3. The Balaban J connectivity index is 1.42. The number of hydrogen-bond acceptors (Lipinski definition) is 4. The van der Waals surface area contributed by atoms with Gasteiger partial charge in [0.15, 0.2) is 11.5 Å². The van der Waals surface area contributed by atoms with Gasteiger partial charge in [0.2, 0.25) is 6.10 Å². The molecule has 1 heterocycles. The lowest BCUT2D eigenvalue weighted by molar-refractivity contribution is -0.130. The first kappa shape index (κ1) is 15.5. The van der Waals surface area contributed by atoms with Gasteiger partial charge in [-0.15, -0.1) is 0 Å². The minimum absolute atomic E-state index is 0.195. The number of halogens is 1. The van der Waals surface area contributed by atoms with Gasteiger partial charge in [0.25, 0.3) is 5.91 Å². The Bertz CT molecular complexity index is 675. The molecule has 1 aliphatic rings. The third-order valence-corrected chi connectivity index (χ3v) is 3.54. The van der Waals surface area contributed by atoms with Crippen molar-refractivity contribution in [1.82, 2.24) is 5.32 Å². The molecular weight excluding hydrogens is 318 g/mol. The quantitative estimate of drug-likeness (QED) is 0.855. The van der Waals surface area contributed by atoms with Crippen LogP contribution in [0, 0.1) is 0 Å². The van der Waals surface area contributed by atoms with E-state index in [1.165, 1.54) is 0 Å². The van der Waals surface area contributed by atoms with Crippen molar-refractivity contribution < 1.29 is 19.0 Å². The van der Waals surface area contributed by atoms with Gasteiger partial charge in [-0.2, -0.15) is 0 Å². The molecule has 0 saturated carbocycles. The Morgan fingerprint density at radius 1 is 1.17 bits per heavy atom. The summed E-state index contributed by atoms with van der Waals surface area (Å²) >= 11 is 5.80. The molecule has 0 aromatic heterocycles. The first-order chi connectivity index (χ1) is 11.2. The summed E-state index contributed by atoms with van der Waals surface area (Å²) in [5, 5.41) is 3.42. The smallest absolute Gasteiger partial charge is 0.264 e. The van der Waals surface area contributed by atoms with Gasteiger partial charge in [-0.25, -0.2) is 0 Å². The van der Waals surface area contributed by atoms with E-state index in [2.05, 4.69) is 5.32 Å². The predicted octanol–water partition coefficient (Wildman–Crippen LogP) is 2.68. The Labute approximate surface area is 139 Å². The highest BCUT2D eigenvalue weighted by atomic mass is 35.5. The van der Waals surface area contributed by atoms with Crippen molar-refractivity contribution in [3.63, 3.8) is 0 Å². The SMILES string of the molecule is O=C(NCCOc1ccc(Cl)cc1)C1COc2ccccc2O1. The maximum atomic E-state index is 12.1. The number of para-hydroxylation sites is 2. The van der Waals surface area contributed by atoms with Gasteiger partial charge >= 0.3 is 0 Å². The molecule has 1 unspecified atom stereocenters. The molecular formula is C17H16ClNO4. The molecule has 2 aromatic carbocycles. The van der Waals surface area contributed by atoms with Crippen LogP contribution in [0.5, 0.6) is 17.2 Å². The van der Waals surface area contributed by atoms with Crippen LogP contribution in [-0.2, 0) is 4.79 Å². The zero-order chi connectivity index (χ0) is 16.1. The van der Waals surface area contributed by atoms with Gasteiger partial charge in [-0.1, -0.05) is 23.7 Å². The standard InChI is InChI=1S/C17H16ClNO4/c18-12-5-7-13(8-6-12)21-10-9-19-17(20)16-11-22-14-3-1-2-4-15(14)23-16/h1-8,16H,9-11H2,(H,19,20). The Morgan fingerprint density at radius 3 is 2.70 bits per heavy atom. The molecule has 0 bridgehead atoms. The van der Waals surface area contributed by atoms with Crippen molar-refractivity contribution in [2.75, 3.05) is 19.8 Å². The van der Waals surface area contributed by atoms with Gasteiger partial charge in [0.05, 0.1) is 6.54 Å². The van der Waals surface area contributed by atoms with E-state index >= 15 is 0 Å². The molecule has 0 radical (unpaired) electrons. The van der Waals surface area contributed by atoms with Gasteiger partial charge < -0.3 is 19.5 Å². The molecule has 23 heavy (non-hydrogen) atoms. The molecule has 5 nitrogen and oxygen atoms in total. The van der Waals surface area contributed by atoms with Crippen LogP contribution in [0.4, 0.5) is 0 Å². The Kier molecular flexibility index (Phi) is 4.88. The fraction of sp³-hybridized carbons (Fsp3) is 0.235. The minimum Gasteiger partial charge on any atom is -0.492 e. The van der Waals surface area contributed by atoms with Gasteiger partial charge in [-0.3, -0.25) is 4.79 Å². The second-order valence-electron chi connectivity index (χ2n) is 4.96. The predicted molar refractivity (Wildman–Crippen MR) is 86.3 cm³/mol. The molecule has 0 spiro atoms. The van der Waals surface area contributed by atoms with E-state index in [1.807, 2.05) is 18.2 Å². The van der Waals surface area contributed by atoms with Crippen molar-refractivity contribution in [2.45, 2.75) is 6.10 Å². The van der Waals surface area contributed by atoms with Crippen molar-refractivity contribution in [3.05, 3.63) is 53.6 Å². The summed E-state index contributed by atoms with van der Waals surface area (Å²) in [5.74, 6) is 1.72. The molecule has 0 aliphatic carbocycles. The van der Waals surface area contributed by atoms with Crippen LogP contribution in [0.1, 0.15) is 0 Å². The van der Waals surface area contributed by atoms with Crippen LogP contribution < -0.4 is 19.5 Å². The monoisotopic (exact) mass is 333 g/mol. The molecule has 2 aromatic rings. The highest BCUT2D eigenvalue weighted by Gasteiger charge is 2.26. The van der Waals surface area contributed by atoms with Crippen molar-refractivity contribution in [1.29, 1.82) is 0 Å². The highest BCUT2D eigenvalue weighted by molar-refractivity contribution is 6.30. The van der Waals surface area contributed by atoms with Crippen LogP contribution >= 0.6 is 11.6 Å². The number of carbonyl (C=O) groups is 1. The summed E-state index contributed by atoms with van der Waals surface area (Å²) < 4.78 is 16.7. The summed E-state index contributed by atoms with van der Waals surface area (Å²) in [6.45, 7) is 0.932. The van der Waals surface area contributed by atoms with Crippen LogP contribution in [-0.4, -0.2) is 31.8 Å². The van der Waals surface area contributed by atoms with Gasteiger partial charge in [-0.05, 0) is 36.4 Å². The highest BCUT2D eigenvalue weighted by Crippen LogP contribution is 2.30.